The molecule has 2 rings (SSSR count). The summed E-state index contributed by atoms with van der Waals surface area (Å²) in [5.74, 6) is -3.92. The molecule has 0 radical (unpaired) electrons. The highest BCUT2D eigenvalue weighted by Crippen LogP contribution is 2.36. The number of anilines is 1. The van der Waals surface area contributed by atoms with Crippen molar-refractivity contribution in [1.29, 1.82) is 0 Å². The van der Waals surface area contributed by atoms with E-state index < -0.39 is 35.0 Å². The van der Waals surface area contributed by atoms with Crippen molar-refractivity contribution >= 4 is 17.6 Å². The first-order valence-corrected chi connectivity index (χ1v) is 5.49. The number of hydrogen-bond donors (Lipinski definition) is 2. The average Bonchev–Trinajstić information content (AvgIpc) is 2.25. The van der Waals surface area contributed by atoms with E-state index in [4.69, 9.17) is 9.84 Å². The third kappa shape index (κ3) is 2.17. The zero-order valence-electron chi connectivity index (χ0n) is 9.94. The number of ether oxygens (including phenoxy) is 1. The van der Waals surface area contributed by atoms with Gasteiger partial charge in [0.15, 0.2) is 5.41 Å². The number of carbonyl (C=O) groups excluding carboxylic acids is 1. The number of carbonyl (C=O) groups is 2. The number of nitrogens with one attached hydrogen (secondary N) is 1. The second-order valence-electron chi connectivity index (χ2n) is 4.34. The third-order valence-electron chi connectivity index (χ3n) is 3.16. The van der Waals surface area contributed by atoms with E-state index in [9.17, 15) is 18.4 Å². The van der Waals surface area contributed by atoms with Gasteiger partial charge in [-0.15, -0.1) is 0 Å². The Morgan fingerprint density at radius 1 is 1.37 bits per heavy atom. The Bertz CT molecular complexity index is 528. The van der Waals surface area contributed by atoms with Crippen LogP contribution in [0.15, 0.2) is 18.2 Å². The first-order valence-electron chi connectivity index (χ1n) is 5.49. The monoisotopic (exact) mass is 271 g/mol. The maximum absolute atomic E-state index is 13.0. The fraction of sp³-hybridized carbons (Fsp3) is 0.333. The van der Waals surface area contributed by atoms with E-state index in [1.165, 1.54) is 6.92 Å². The van der Waals surface area contributed by atoms with Gasteiger partial charge in [0.25, 0.3) is 0 Å². The number of hydrogen-bond acceptors (Lipinski definition) is 3. The van der Waals surface area contributed by atoms with Crippen LogP contribution in [0.2, 0.25) is 0 Å². The van der Waals surface area contributed by atoms with E-state index in [0.717, 1.165) is 12.1 Å². The summed E-state index contributed by atoms with van der Waals surface area (Å²) in [6.45, 7) is 1.18. The van der Waals surface area contributed by atoms with Crippen molar-refractivity contribution in [2.24, 2.45) is 5.41 Å². The van der Waals surface area contributed by atoms with E-state index in [-0.39, 0.29) is 12.3 Å². The number of carboxylic acid groups (broad SMARTS) is 1. The minimum absolute atomic E-state index is 0.137. The van der Waals surface area contributed by atoms with Crippen LogP contribution in [0.1, 0.15) is 6.92 Å². The number of aliphatic carboxylic acids is 1. The lowest BCUT2D eigenvalue weighted by Crippen LogP contribution is -2.62. The van der Waals surface area contributed by atoms with E-state index in [1.807, 2.05) is 0 Å². The molecule has 1 aliphatic heterocycles. The van der Waals surface area contributed by atoms with Crippen LogP contribution in [0.25, 0.3) is 0 Å². The maximum Gasteiger partial charge on any atom is 0.324 e. The zero-order chi connectivity index (χ0) is 14.2. The molecule has 1 aliphatic rings. The van der Waals surface area contributed by atoms with Gasteiger partial charge >= 0.3 is 5.97 Å². The van der Waals surface area contributed by atoms with Crippen molar-refractivity contribution < 1.29 is 28.2 Å². The van der Waals surface area contributed by atoms with Crippen molar-refractivity contribution in [2.75, 3.05) is 11.9 Å². The van der Waals surface area contributed by atoms with Crippen LogP contribution in [-0.2, 0) is 14.3 Å². The molecule has 1 saturated heterocycles. The molecule has 2 unspecified atom stereocenters. The summed E-state index contributed by atoms with van der Waals surface area (Å²) in [6, 6.07) is 2.46. The van der Waals surface area contributed by atoms with Gasteiger partial charge in [0, 0.05) is 11.8 Å². The molecule has 1 heterocycles. The fourth-order valence-corrected chi connectivity index (χ4v) is 1.87. The molecular formula is C12H11F2NO4. The molecule has 1 fully saturated rings. The van der Waals surface area contributed by atoms with Gasteiger partial charge in [0.05, 0.1) is 12.7 Å². The quantitative estimate of drug-likeness (QED) is 0.815. The van der Waals surface area contributed by atoms with E-state index in [1.54, 1.807) is 0 Å². The molecule has 0 spiro atoms. The van der Waals surface area contributed by atoms with Gasteiger partial charge < -0.3 is 15.2 Å². The van der Waals surface area contributed by atoms with Gasteiger partial charge in [-0.1, -0.05) is 0 Å². The fourth-order valence-electron chi connectivity index (χ4n) is 1.87. The summed E-state index contributed by atoms with van der Waals surface area (Å²) in [7, 11) is 0. The first-order chi connectivity index (χ1) is 8.86. The topological polar surface area (TPSA) is 75.6 Å². The molecule has 5 nitrogen and oxygen atoms in total. The van der Waals surface area contributed by atoms with Crippen molar-refractivity contribution in [1.82, 2.24) is 0 Å². The van der Waals surface area contributed by atoms with E-state index in [0.29, 0.717) is 6.07 Å². The van der Waals surface area contributed by atoms with Gasteiger partial charge in [0.2, 0.25) is 5.91 Å². The number of rotatable bonds is 3. The Labute approximate surface area is 107 Å². The molecule has 19 heavy (non-hydrogen) atoms. The smallest absolute Gasteiger partial charge is 0.324 e. The normalized spacial score (nSPS) is 25.5. The molecule has 7 heteroatoms. The molecule has 0 aromatic heterocycles. The van der Waals surface area contributed by atoms with Gasteiger partial charge in [-0.2, -0.15) is 0 Å². The number of amides is 1. The van der Waals surface area contributed by atoms with Crippen molar-refractivity contribution in [2.45, 2.75) is 13.0 Å². The van der Waals surface area contributed by atoms with Gasteiger partial charge in [-0.3, -0.25) is 9.59 Å². The Balaban J connectivity index is 2.23. The Hall–Kier alpha value is -2.02. The van der Waals surface area contributed by atoms with Crippen molar-refractivity contribution in [3.05, 3.63) is 29.8 Å². The number of carboxylic acids is 1. The van der Waals surface area contributed by atoms with E-state index in [2.05, 4.69) is 5.32 Å². The summed E-state index contributed by atoms with van der Waals surface area (Å²) in [5, 5.41) is 11.3. The lowest BCUT2D eigenvalue weighted by molar-refractivity contribution is -0.203. The Morgan fingerprint density at radius 2 is 1.95 bits per heavy atom. The summed E-state index contributed by atoms with van der Waals surface area (Å²) in [5.41, 5.74) is -1.86. The van der Waals surface area contributed by atoms with Crippen molar-refractivity contribution in [3.63, 3.8) is 0 Å². The van der Waals surface area contributed by atoms with E-state index >= 15 is 0 Å². The summed E-state index contributed by atoms with van der Waals surface area (Å²) >= 11 is 0. The molecule has 0 saturated carbocycles. The minimum atomic E-state index is -1.72. The van der Waals surface area contributed by atoms with Crippen LogP contribution in [0.4, 0.5) is 14.5 Å². The lowest BCUT2D eigenvalue weighted by Gasteiger charge is -2.42. The number of benzene rings is 1. The standard InChI is InChI=1S/C12H11F2NO4/c1-6-12(5-19-6,11(17)18)10(16)15-9-3-7(13)2-8(14)4-9/h2-4,6H,5H2,1H3,(H,15,16)(H,17,18). The molecule has 0 aliphatic carbocycles. The first kappa shape index (κ1) is 13.4. The lowest BCUT2D eigenvalue weighted by atomic mass is 9.78. The van der Waals surface area contributed by atoms with Crippen LogP contribution >= 0.6 is 0 Å². The predicted octanol–water partition coefficient (Wildman–Crippen LogP) is 1.39. The molecule has 0 bridgehead atoms. The maximum atomic E-state index is 13.0. The van der Waals surface area contributed by atoms with Gasteiger partial charge in [-0.05, 0) is 19.1 Å². The number of halogens is 2. The zero-order valence-corrected chi connectivity index (χ0v) is 9.94. The summed E-state index contributed by atoms with van der Waals surface area (Å²) < 4.78 is 30.9. The van der Waals surface area contributed by atoms with Crippen molar-refractivity contribution in [3.8, 4) is 0 Å². The average molecular weight is 271 g/mol. The summed E-state index contributed by atoms with van der Waals surface area (Å²) in [4.78, 5) is 23.2. The molecular weight excluding hydrogens is 260 g/mol. The molecule has 2 N–H and O–H groups in total. The highest BCUT2D eigenvalue weighted by atomic mass is 19.1. The summed E-state index contributed by atoms with van der Waals surface area (Å²) in [6.07, 6.45) is -0.802. The second kappa shape index (κ2) is 4.58. The predicted molar refractivity (Wildman–Crippen MR) is 60.5 cm³/mol. The second-order valence-corrected chi connectivity index (χ2v) is 4.34. The highest BCUT2D eigenvalue weighted by Gasteiger charge is 2.58. The van der Waals surface area contributed by atoms with Gasteiger partial charge in [-0.25, -0.2) is 8.78 Å². The largest absolute Gasteiger partial charge is 0.480 e. The Kier molecular flexibility index (Phi) is 3.23. The van der Waals surface area contributed by atoms with Gasteiger partial charge in [0.1, 0.15) is 11.6 Å². The molecule has 1 aromatic carbocycles. The van der Waals surface area contributed by atoms with Crippen LogP contribution < -0.4 is 5.32 Å². The molecule has 102 valence electrons. The van der Waals surface area contributed by atoms with Crippen LogP contribution in [0.5, 0.6) is 0 Å². The third-order valence-corrected chi connectivity index (χ3v) is 3.16. The Morgan fingerprint density at radius 3 is 2.32 bits per heavy atom. The molecule has 1 aromatic rings. The van der Waals surface area contributed by atoms with Crippen LogP contribution in [0, 0.1) is 17.0 Å². The van der Waals surface area contributed by atoms with Crippen LogP contribution in [0.3, 0.4) is 0 Å². The molecule has 2 atom stereocenters. The van der Waals surface area contributed by atoms with Crippen LogP contribution in [-0.4, -0.2) is 29.7 Å². The SMILES string of the molecule is CC1OCC1(C(=O)O)C(=O)Nc1cc(F)cc(F)c1. The minimum Gasteiger partial charge on any atom is -0.480 e. The highest BCUT2D eigenvalue weighted by molar-refractivity contribution is 6.09. The molecule has 1 amide bonds.